The Balaban J connectivity index is 2.06. The second kappa shape index (κ2) is 9.09. The van der Waals surface area contributed by atoms with Crippen LogP contribution in [0, 0.1) is 0 Å². The number of aliphatic hydroxyl groups is 1. The fraction of sp³-hybridized carbons (Fsp3) is 0.316. The minimum Gasteiger partial charge on any atom is -0.396 e. The van der Waals surface area contributed by atoms with Crippen molar-refractivity contribution in [1.82, 2.24) is 0 Å². The minimum absolute atomic E-state index is 0.294. The predicted molar refractivity (Wildman–Crippen MR) is 88.9 cm³/mol. The highest BCUT2D eigenvalue weighted by molar-refractivity contribution is 6.12. The summed E-state index contributed by atoms with van der Waals surface area (Å²) in [7, 11) is 0. The van der Waals surface area contributed by atoms with E-state index >= 15 is 0 Å². The third-order valence-electron chi connectivity index (χ3n) is 3.43. The van der Waals surface area contributed by atoms with Gasteiger partial charge in [-0.25, -0.2) is 0 Å². The lowest BCUT2D eigenvalue weighted by Crippen LogP contribution is -2.04. The summed E-state index contributed by atoms with van der Waals surface area (Å²) in [4.78, 5) is 4.82. The average molecular weight is 281 g/mol. The van der Waals surface area contributed by atoms with Gasteiger partial charge in [-0.1, -0.05) is 73.5 Å². The Morgan fingerprint density at radius 2 is 1.24 bits per heavy atom. The summed E-state index contributed by atoms with van der Waals surface area (Å²) in [6, 6.07) is 20.7. The van der Waals surface area contributed by atoms with Crippen LogP contribution in [0.3, 0.4) is 0 Å². The van der Waals surface area contributed by atoms with E-state index in [4.69, 9.17) is 10.1 Å². The quantitative estimate of drug-likeness (QED) is 0.574. The number of hydrogen-bond donors (Lipinski definition) is 1. The standard InChI is InChI=1S/C19H23NO/c21-16-10-2-1-9-15-20-19(17-11-5-3-6-12-17)18-13-7-4-8-14-18/h3-8,11-14,21H,1-2,9-10,15-16H2. The van der Waals surface area contributed by atoms with Gasteiger partial charge < -0.3 is 5.11 Å². The molecule has 0 saturated carbocycles. The Kier molecular flexibility index (Phi) is 6.69. The maximum Gasteiger partial charge on any atom is 0.0718 e. The fourth-order valence-corrected chi connectivity index (χ4v) is 2.31. The van der Waals surface area contributed by atoms with Gasteiger partial charge in [0.1, 0.15) is 0 Å². The van der Waals surface area contributed by atoms with E-state index in [9.17, 15) is 0 Å². The Morgan fingerprint density at radius 1 is 0.714 bits per heavy atom. The van der Waals surface area contributed by atoms with Crippen molar-refractivity contribution < 1.29 is 5.11 Å². The molecule has 0 amide bonds. The zero-order chi connectivity index (χ0) is 14.8. The smallest absolute Gasteiger partial charge is 0.0718 e. The van der Waals surface area contributed by atoms with Crippen LogP contribution in [0.4, 0.5) is 0 Å². The molecule has 0 aliphatic heterocycles. The number of aliphatic hydroxyl groups excluding tert-OH is 1. The molecular formula is C19H23NO. The van der Waals surface area contributed by atoms with Crippen LogP contribution >= 0.6 is 0 Å². The monoisotopic (exact) mass is 281 g/mol. The normalized spacial score (nSPS) is 10.3. The number of benzene rings is 2. The molecular weight excluding hydrogens is 258 g/mol. The molecule has 2 heteroatoms. The van der Waals surface area contributed by atoms with Gasteiger partial charge in [0, 0.05) is 24.3 Å². The van der Waals surface area contributed by atoms with Crippen LogP contribution in [0.1, 0.15) is 36.8 Å². The summed E-state index contributed by atoms with van der Waals surface area (Å²) in [6.07, 6.45) is 4.18. The van der Waals surface area contributed by atoms with Crippen molar-refractivity contribution in [2.24, 2.45) is 4.99 Å². The molecule has 0 spiro atoms. The third kappa shape index (κ3) is 5.16. The predicted octanol–water partition coefficient (Wildman–Crippen LogP) is 4.08. The van der Waals surface area contributed by atoms with Gasteiger partial charge >= 0.3 is 0 Å². The van der Waals surface area contributed by atoms with Crippen LogP contribution in [0.2, 0.25) is 0 Å². The van der Waals surface area contributed by atoms with Crippen molar-refractivity contribution in [1.29, 1.82) is 0 Å². The van der Waals surface area contributed by atoms with Gasteiger partial charge in [0.25, 0.3) is 0 Å². The topological polar surface area (TPSA) is 32.6 Å². The van der Waals surface area contributed by atoms with E-state index in [2.05, 4.69) is 48.5 Å². The first-order valence-electron chi connectivity index (χ1n) is 7.68. The Labute approximate surface area is 127 Å². The van der Waals surface area contributed by atoms with E-state index in [0.29, 0.717) is 6.61 Å². The first-order chi connectivity index (χ1) is 10.4. The highest BCUT2D eigenvalue weighted by Gasteiger charge is 2.05. The lowest BCUT2D eigenvalue weighted by atomic mass is 10.0. The molecule has 0 unspecified atom stereocenters. The molecule has 0 aromatic heterocycles. The van der Waals surface area contributed by atoms with Crippen molar-refractivity contribution in [2.75, 3.05) is 13.2 Å². The molecule has 0 atom stereocenters. The summed E-state index contributed by atoms with van der Waals surface area (Å²) >= 11 is 0. The number of nitrogens with zero attached hydrogens (tertiary/aromatic N) is 1. The van der Waals surface area contributed by atoms with Gasteiger partial charge in [0.05, 0.1) is 5.71 Å². The maximum absolute atomic E-state index is 8.78. The second-order valence-electron chi connectivity index (χ2n) is 5.10. The van der Waals surface area contributed by atoms with Gasteiger partial charge in [-0.3, -0.25) is 4.99 Å². The van der Waals surface area contributed by atoms with Gasteiger partial charge in [0.2, 0.25) is 0 Å². The molecule has 2 aromatic rings. The van der Waals surface area contributed by atoms with Crippen molar-refractivity contribution in [3.63, 3.8) is 0 Å². The second-order valence-corrected chi connectivity index (χ2v) is 5.10. The maximum atomic E-state index is 8.78. The molecule has 0 heterocycles. The number of hydrogen-bond acceptors (Lipinski definition) is 2. The zero-order valence-corrected chi connectivity index (χ0v) is 12.4. The Hall–Kier alpha value is -1.93. The lowest BCUT2D eigenvalue weighted by molar-refractivity contribution is 0.282. The number of aliphatic imine (C=N–C) groups is 1. The first-order valence-corrected chi connectivity index (χ1v) is 7.68. The summed E-state index contributed by atoms with van der Waals surface area (Å²) in [6.45, 7) is 1.13. The van der Waals surface area contributed by atoms with E-state index in [-0.39, 0.29) is 0 Å². The summed E-state index contributed by atoms with van der Waals surface area (Å²) in [5.74, 6) is 0. The molecule has 0 aliphatic rings. The molecule has 2 aromatic carbocycles. The van der Waals surface area contributed by atoms with Crippen LogP contribution < -0.4 is 0 Å². The summed E-state index contributed by atoms with van der Waals surface area (Å²) < 4.78 is 0. The molecule has 0 bridgehead atoms. The van der Waals surface area contributed by atoms with Gasteiger partial charge in [-0.15, -0.1) is 0 Å². The average Bonchev–Trinajstić information content (AvgIpc) is 2.56. The summed E-state index contributed by atoms with van der Waals surface area (Å²) in [5.41, 5.74) is 3.40. The molecule has 2 rings (SSSR count). The van der Waals surface area contributed by atoms with Crippen LogP contribution in [0.15, 0.2) is 65.7 Å². The Bertz CT molecular complexity index is 493. The zero-order valence-electron chi connectivity index (χ0n) is 12.4. The highest BCUT2D eigenvalue weighted by atomic mass is 16.2. The molecule has 0 aliphatic carbocycles. The lowest BCUT2D eigenvalue weighted by Gasteiger charge is -2.07. The Morgan fingerprint density at radius 3 is 1.76 bits per heavy atom. The van der Waals surface area contributed by atoms with E-state index in [1.165, 1.54) is 11.1 Å². The van der Waals surface area contributed by atoms with Crippen LogP contribution in [-0.4, -0.2) is 24.0 Å². The van der Waals surface area contributed by atoms with Crippen molar-refractivity contribution >= 4 is 5.71 Å². The minimum atomic E-state index is 0.294. The van der Waals surface area contributed by atoms with Crippen LogP contribution in [0.25, 0.3) is 0 Å². The largest absolute Gasteiger partial charge is 0.396 e. The first kappa shape index (κ1) is 15.5. The SMILES string of the molecule is OCCCCCCN=C(c1ccccc1)c1ccccc1. The van der Waals surface area contributed by atoms with E-state index in [1.54, 1.807) is 0 Å². The molecule has 0 radical (unpaired) electrons. The van der Waals surface area contributed by atoms with E-state index in [0.717, 1.165) is 37.9 Å². The van der Waals surface area contributed by atoms with Crippen LogP contribution in [0.5, 0.6) is 0 Å². The fourth-order valence-electron chi connectivity index (χ4n) is 2.31. The van der Waals surface area contributed by atoms with Crippen molar-refractivity contribution in [3.8, 4) is 0 Å². The molecule has 0 fully saturated rings. The molecule has 110 valence electrons. The van der Waals surface area contributed by atoms with E-state index in [1.807, 2.05) is 12.1 Å². The van der Waals surface area contributed by atoms with Crippen LogP contribution in [-0.2, 0) is 0 Å². The molecule has 2 nitrogen and oxygen atoms in total. The summed E-state index contributed by atoms with van der Waals surface area (Å²) in [5, 5.41) is 8.78. The third-order valence-corrected chi connectivity index (χ3v) is 3.43. The van der Waals surface area contributed by atoms with E-state index < -0.39 is 0 Å². The molecule has 0 saturated heterocycles. The highest BCUT2D eigenvalue weighted by Crippen LogP contribution is 2.11. The number of unbranched alkanes of at least 4 members (excludes halogenated alkanes) is 3. The molecule has 21 heavy (non-hydrogen) atoms. The van der Waals surface area contributed by atoms with Crippen molar-refractivity contribution in [3.05, 3.63) is 71.8 Å². The van der Waals surface area contributed by atoms with Crippen molar-refractivity contribution in [2.45, 2.75) is 25.7 Å². The van der Waals surface area contributed by atoms with Gasteiger partial charge in [-0.05, 0) is 12.8 Å². The van der Waals surface area contributed by atoms with Gasteiger partial charge in [-0.2, -0.15) is 0 Å². The number of rotatable bonds is 8. The molecule has 1 N–H and O–H groups in total. The van der Waals surface area contributed by atoms with Gasteiger partial charge in [0.15, 0.2) is 0 Å².